The highest BCUT2D eigenvalue weighted by Crippen LogP contribution is 2.47. The maximum atomic E-state index is 12.4. The van der Waals surface area contributed by atoms with Crippen molar-refractivity contribution in [2.75, 3.05) is 25.2 Å². The maximum absolute atomic E-state index is 12.4. The van der Waals surface area contributed by atoms with E-state index in [1.807, 2.05) is 66.7 Å². The van der Waals surface area contributed by atoms with Crippen LogP contribution < -0.4 is 4.90 Å². The molecule has 6 nitrogen and oxygen atoms in total. The third-order valence-electron chi connectivity index (χ3n) is 10.4. The summed E-state index contributed by atoms with van der Waals surface area (Å²) in [5.74, 6) is 0.341. The first-order valence-electron chi connectivity index (χ1n) is 17.9. The van der Waals surface area contributed by atoms with Crippen molar-refractivity contribution in [3.63, 3.8) is 0 Å². The monoisotopic (exact) mass is 693 g/mol. The highest BCUT2D eigenvalue weighted by atomic mass is 16.5. The zero-order valence-corrected chi connectivity index (χ0v) is 29.9. The number of ether oxygens (including phenoxy) is 1. The Morgan fingerprint density at radius 1 is 0.491 bits per heavy atom. The molecule has 0 spiro atoms. The Balaban J connectivity index is 1.26. The molecule has 6 heteroatoms. The number of hydrogen-bond acceptors (Lipinski definition) is 4. The topological polar surface area (TPSA) is 62.8 Å². The molecule has 0 amide bonds. The summed E-state index contributed by atoms with van der Waals surface area (Å²) in [6.07, 6.45) is 0. The number of methoxy groups -OCH3 is 1. The molecule has 0 saturated carbocycles. The summed E-state index contributed by atoms with van der Waals surface area (Å²) in [4.78, 5) is 2.11. The van der Waals surface area contributed by atoms with Crippen molar-refractivity contribution in [3.05, 3.63) is 157 Å². The lowest BCUT2D eigenvalue weighted by Crippen LogP contribution is -2.23. The molecule has 0 atom stereocenters. The number of aryl methyl sites for hydroxylation is 2. The standard InChI is InChI=1S/C47H39N3O3/c1-30-26-37(46(51)44(28-30)49-39-20-10-5-14-32(39)33-15-6-11-21-40(33)49)36-18-4-9-19-38(36)48(24-25-53-3)43-27-31(2)29-45(47(43)52)50-41-22-12-7-16-34(41)35-17-8-13-23-42(35)50/h4-23,26-29,51-52H,24-25H2,1-3H3. The Morgan fingerprint density at radius 2 is 0.925 bits per heavy atom. The van der Waals surface area contributed by atoms with Gasteiger partial charge >= 0.3 is 0 Å². The molecule has 0 bridgehead atoms. The second kappa shape index (κ2) is 12.9. The van der Waals surface area contributed by atoms with Crippen LogP contribution in [0.4, 0.5) is 11.4 Å². The largest absolute Gasteiger partial charge is 0.505 e. The molecule has 0 aliphatic rings. The minimum absolute atomic E-state index is 0.160. The van der Waals surface area contributed by atoms with Crippen molar-refractivity contribution in [3.8, 4) is 34.0 Å². The number of para-hydroxylation sites is 5. The molecule has 53 heavy (non-hydrogen) atoms. The van der Waals surface area contributed by atoms with Crippen LogP contribution >= 0.6 is 0 Å². The Kier molecular flexibility index (Phi) is 7.90. The number of aromatic hydroxyl groups is 2. The van der Waals surface area contributed by atoms with Crippen LogP contribution in [0.1, 0.15) is 11.1 Å². The van der Waals surface area contributed by atoms with Gasteiger partial charge in [0.1, 0.15) is 5.75 Å². The molecule has 7 aromatic carbocycles. The van der Waals surface area contributed by atoms with Gasteiger partial charge in [-0.05, 0) is 79.6 Å². The van der Waals surface area contributed by atoms with Crippen LogP contribution in [0.2, 0.25) is 0 Å². The first-order valence-corrected chi connectivity index (χ1v) is 17.9. The number of fused-ring (bicyclic) bond motifs is 6. The Bertz CT molecular complexity index is 2740. The molecule has 0 fully saturated rings. The maximum Gasteiger partial charge on any atom is 0.163 e. The summed E-state index contributed by atoms with van der Waals surface area (Å²) in [5.41, 5.74) is 10.6. The van der Waals surface area contributed by atoms with Gasteiger partial charge in [0, 0.05) is 52.0 Å². The van der Waals surface area contributed by atoms with E-state index >= 15 is 0 Å². The molecule has 2 N–H and O–H groups in total. The van der Waals surface area contributed by atoms with Crippen molar-refractivity contribution < 1.29 is 14.9 Å². The number of anilines is 2. The molecule has 0 saturated heterocycles. The van der Waals surface area contributed by atoms with Crippen molar-refractivity contribution in [2.24, 2.45) is 0 Å². The van der Waals surface area contributed by atoms with Crippen LogP contribution in [0, 0.1) is 13.8 Å². The predicted octanol–water partition coefficient (Wildman–Crippen LogP) is 11.4. The number of phenolic OH excluding ortho intramolecular Hbond substituents is 2. The quantitative estimate of drug-likeness (QED) is 0.166. The molecular formula is C47H39N3O3. The molecule has 2 aromatic heterocycles. The average Bonchev–Trinajstić information content (AvgIpc) is 3.70. The minimum Gasteiger partial charge on any atom is -0.505 e. The van der Waals surface area contributed by atoms with Gasteiger partial charge in [0.25, 0.3) is 0 Å². The minimum atomic E-state index is 0.160. The Hall–Kier alpha value is -6.50. The third kappa shape index (κ3) is 5.21. The van der Waals surface area contributed by atoms with Gasteiger partial charge in [-0.2, -0.15) is 0 Å². The van der Waals surface area contributed by atoms with Crippen molar-refractivity contribution in [2.45, 2.75) is 13.8 Å². The molecule has 9 aromatic rings. The lowest BCUT2D eigenvalue weighted by molar-refractivity contribution is 0.207. The lowest BCUT2D eigenvalue weighted by atomic mass is 9.98. The van der Waals surface area contributed by atoms with Crippen molar-refractivity contribution >= 4 is 55.0 Å². The predicted molar refractivity (Wildman–Crippen MR) is 219 cm³/mol. The number of rotatable bonds is 8. The Morgan fingerprint density at radius 3 is 1.43 bits per heavy atom. The number of aromatic nitrogens is 2. The number of hydrogen-bond donors (Lipinski definition) is 2. The van der Waals surface area contributed by atoms with Crippen molar-refractivity contribution in [1.82, 2.24) is 9.13 Å². The fraction of sp³-hybridized carbons (Fsp3) is 0.106. The van der Waals surface area contributed by atoms with Crippen LogP contribution in [0.3, 0.4) is 0 Å². The summed E-state index contributed by atoms with van der Waals surface area (Å²) in [5, 5.41) is 29.3. The second-order valence-electron chi connectivity index (χ2n) is 13.7. The van der Waals surface area contributed by atoms with Gasteiger partial charge in [-0.25, -0.2) is 0 Å². The third-order valence-corrected chi connectivity index (χ3v) is 10.4. The zero-order chi connectivity index (χ0) is 36.2. The molecule has 0 unspecified atom stereocenters. The van der Waals surface area contributed by atoms with Gasteiger partial charge in [-0.15, -0.1) is 0 Å². The van der Waals surface area contributed by atoms with Crippen LogP contribution in [-0.4, -0.2) is 39.6 Å². The van der Waals surface area contributed by atoms with E-state index in [1.54, 1.807) is 7.11 Å². The normalized spacial score (nSPS) is 11.7. The summed E-state index contributed by atoms with van der Waals surface area (Å²) < 4.78 is 9.97. The van der Waals surface area contributed by atoms with Gasteiger partial charge in [0.2, 0.25) is 0 Å². The van der Waals surface area contributed by atoms with Crippen LogP contribution in [0.5, 0.6) is 11.5 Å². The molecule has 2 heterocycles. The first-order chi connectivity index (χ1) is 25.9. The van der Waals surface area contributed by atoms with E-state index in [0.29, 0.717) is 35.8 Å². The summed E-state index contributed by atoms with van der Waals surface area (Å²) in [6.45, 7) is 5.00. The smallest absolute Gasteiger partial charge is 0.163 e. The van der Waals surface area contributed by atoms with E-state index < -0.39 is 0 Å². The fourth-order valence-corrected chi connectivity index (χ4v) is 8.11. The lowest BCUT2D eigenvalue weighted by Gasteiger charge is -2.29. The average molecular weight is 694 g/mol. The highest BCUT2D eigenvalue weighted by molar-refractivity contribution is 6.10. The van der Waals surface area contributed by atoms with Gasteiger partial charge in [0.15, 0.2) is 5.75 Å². The van der Waals surface area contributed by atoms with Crippen LogP contribution in [-0.2, 0) is 4.74 Å². The van der Waals surface area contributed by atoms with Crippen LogP contribution in [0.15, 0.2) is 146 Å². The summed E-state index contributed by atoms with van der Waals surface area (Å²) >= 11 is 0. The van der Waals surface area contributed by atoms with E-state index in [-0.39, 0.29) is 11.5 Å². The molecule has 0 radical (unpaired) electrons. The summed E-state index contributed by atoms with van der Waals surface area (Å²) in [7, 11) is 1.69. The zero-order valence-electron chi connectivity index (χ0n) is 29.9. The highest BCUT2D eigenvalue weighted by Gasteiger charge is 2.25. The molecule has 0 aliphatic heterocycles. The number of phenols is 2. The van der Waals surface area contributed by atoms with Gasteiger partial charge in [-0.3, -0.25) is 0 Å². The van der Waals surface area contributed by atoms with Gasteiger partial charge in [0.05, 0.1) is 45.7 Å². The van der Waals surface area contributed by atoms with Crippen LogP contribution in [0.25, 0.3) is 66.1 Å². The molecule has 260 valence electrons. The number of benzene rings is 7. The second-order valence-corrected chi connectivity index (χ2v) is 13.7. The van der Waals surface area contributed by atoms with E-state index in [9.17, 15) is 10.2 Å². The van der Waals surface area contributed by atoms with E-state index in [4.69, 9.17) is 4.74 Å². The molecule has 9 rings (SSSR count). The first kappa shape index (κ1) is 32.4. The Labute approximate surface area is 308 Å². The van der Waals surface area contributed by atoms with Gasteiger partial charge < -0.3 is 29.0 Å². The van der Waals surface area contributed by atoms with Gasteiger partial charge in [-0.1, -0.05) is 91.0 Å². The van der Waals surface area contributed by atoms with E-state index in [1.165, 1.54) is 0 Å². The molecule has 0 aliphatic carbocycles. The van der Waals surface area contributed by atoms with E-state index in [2.05, 4.69) is 107 Å². The fourth-order valence-electron chi connectivity index (χ4n) is 8.11. The summed E-state index contributed by atoms with van der Waals surface area (Å²) in [6, 6.07) is 49.5. The molecular weight excluding hydrogens is 655 g/mol. The van der Waals surface area contributed by atoms with Crippen molar-refractivity contribution in [1.29, 1.82) is 0 Å². The van der Waals surface area contributed by atoms with E-state index in [0.717, 1.165) is 66.0 Å². The SMILES string of the molecule is COCCN(c1ccccc1-c1cc(C)cc(-n2c3ccccc3c3ccccc32)c1O)c1cc(C)cc(-n2c3ccccc3c3ccccc32)c1O. The number of nitrogens with zero attached hydrogens (tertiary/aromatic N) is 3.